The molecular weight excluding hydrogens is 160 g/mol. The van der Waals surface area contributed by atoms with Crippen molar-refractivity contribution in [3.05, 3.63) is 11.8 Å². The fourth-order valence-corrected chi connectivity index (χ4v) is 0.757. The zero-order valence-electron chi connectivity index (χ0n) is 9.52. The summed E-state index contributed by atoms with van der Waals surface area (Å²) in [4.78, 5) is 4.34. The monoisotopic (exact) mass is 182 g/mol. The molecule has 13 heavy (non-hydrogen) atoms. The number of amidine groups is 1. The van der Waals surface area contributed by atoms with Crippen molar-refractivity contribution < 1.29 is 0 Å². The summed E-state index contributed by atoms with van der Waals surface area (Å²) in [7, 11) is 0. The summed E-state index contributed by atoms with van der Waals surface area (Å²) in [5, 5.41) is 0. The Morgan fingerprint density at radius 3 is 2.31 bits per heavy atom. The van der Waals surface area contributed by atoms with Gasteiger partial charge in [-0.25, -0.2) is 4.99 Å². The molecule has 0 amide bonds. The molecule has 0 radical (unpaired) electrons. The van der Waals surface area contributed by atoms with Crippen LogP contribution in [0.15, 0.2) is 16.8 Å². The molecule has 0 aromatic carbocycles. The van der Waals surface area contributed by atoms with E-state index in [0.29, 0.717) is 5.84 Å². The van der Waals surface area contributed by atoms with Crippen molar-refractivity contribution in [3.63, 3.8) is 0 Å². The zero-order chi connectivity index (χ0) is 10.5. The lowest BCUT2D eigenvalue weighted by atomic mass is 9.95. The second-order valence-electron chi connectivity index (χ2n) is 4.38. The molecule has 0 bridgehead atoms. The molecule has 0 aliphatic rings. The van der Waals surface area contributed by atoms with E-state index in [0.717, 1.165) is 18.5 Å². The van der Waals surface area contributed by atoms with Crippen molar-refractivity contribution in [1.29, 1.82) is 0 Å². The lowest BCUT2D eigenvalue weighted by Gasteiger charge is -2.17. The summed E-state index contributed by atoms with van der Waals surface area (Å²) in [6, 6.07) is 0. The van der Waals surface area contributed by atoms with E-state index in [2.05, 4.69) is 38.8 Å². The molecule has 0 aromatic rings. The Kier molecular flexibility index (Phi) is 4.74. The minimum Gasteiger partial charge on any atom is -0.387 e. The van der Waals surface area contributed by atoms with Crippen LogP contribution in [0.5, 0.6) is 0 Å². The van der Waals surface area contributed by atoms with Crippen LogP contribution in [0.4, 0.5) is 0 Å². The minimum absolute atomic E-state index is 0.0265. The van der Waals surface area contributed by atoms with Gasteiger partial charge in [0.15, 0.2) is 0 Å². The maximum atomic E-state index is 5.83. The SMILES string of the molecule is CCC/C=C(/C)N=C(N)C(C)(C)C. The Morgan fingerprint density at radius 1 is 1.38 bits per heavy atom. The van der Waals surface area contributed by atoms with E-state index in [9.17, 15) is 0 Å². The van der Waals surface area contributed by atoms with Gasteiger partial charge in [0.05, 0.1) is 0 Å². The molecule has 76 valence electrons. The highest BCUT2D eigenvalue weighted by atomic mass is 14.9. The molecule has 0 spiro atoms. The first-order valence-electron chi connectivity index (χ1n) is 4.89. The molecule has 2 nitrogen and oxygen atoms in total. The topological polar surface area (TPSA) is 38.4 Å². The number of hydrogen-bond donors (Lipinski definition) is 1. The molecule has 0 heterocycles. The van der Waals surface area contributed by atoms with Crippen LogP contribution in [0.2, 0.25) is 0 Å². The molecule has 0 aromatic heterocycles. The standard InChI is InChI=1S/C11H22N2/c1-6-7-8-9(2)13-10(12)11(3,4)5/h8H,6-7H2,1-5H3,(H2,12,13)/b9-8-. The Labute approximate surface area is 81.9 Å². The number of hydrogen-bond acceptors (Lipinski definition) is 1. The van der Waals surface area contributed by atoms with Crippen LogP contribution in [0, 0.1) is 5.41 Å². The maximum Gasteiger partial charge on any atom is 0.105 e. The molecule has 0 fully saturated rings. The van der Waals surface area contributed by atoms with Crippen LogP contribution in [0.3, 0.4) is 0 Å². The summed E-state index contributed by atoms with van der Waals surface area (Å²) in [6.45, 7) is 10.4. The first-order valence-corrected chi connectivity index (χ1v) is 4.89. The van der Waals surface area contributed by atoms with Gasteiger partial charge in [-0.2, -0.15) is 0 Å². The lowest BCUT2D eigenvalue weighted by molar-refractivity contribution is 0.584. The summed E-state index contributed by atoms with van der Waals surface area (Å²) in [6.07, 6.45) is 4.35. The van der Waals surface area contributed by atoms with Gasteiger partial charge in [0, 0.05) is 11.1 Å². The van der Waals surface area contributed by atoms with Gasteiger partial charge in [0.2, 0.25) is 0 Å². The largest absolute Gasteiger partial charge is 0.387 e. The average Bonchev–Trinajstić information content (AvgIpc) is 1.99. The van der Waals surface area contributed by atoms with Gasteiger partial charge in [-0.05, 0) is 13.3 Å². The molecule has 0 rings (SSSR count). The lowest BCUT2D eigenvalue weighted by Crippen LogP contribution is -2.28. The van der Waals surface area contributed by atoms with Crippen molar-refractivity contribution in [3.8, 4) is 0 Å². The third-order valence-corrected chi connectivity index (χ3v) is 1.79. The molecule has 0 aliphatic heterocycles. The molecular formula is C11H22N2. The van der Waals surface area contributed by atoms with E-state index in [-0.39, 0.29) is 5.41 Å². The first-order chi connectivity index (χ1) is 5.88. The zero-order valence-corrected chi connectivity index (χ0v) is 9.52. The van der Waals surface area contributed by atoms with Gasteiger partial charge in [-0.1, -0.05) is 40.2 Å². The second-order valence-corrected chi connectivity index (χ2v) is 4.38. The van der Waals surface area contributed by atoms with Crippen molar-refractivity contribution in [2.24, 2.45) is 16.1 Å². The van der Waals surface area contributed by atoms with Gasteiger partial charge in [0.1, 0.15) is 5.84 Å². The number of nitrogens with zero attached hydrogens (tertiary/aromatic N) is 1. The molecule has 0 unspecified atom stereocenters. The summed E-state index contributed by atoms with van der Waals surface area (Å²) in [5.74, 6) is 0.706. The third kappa shape index (κ3) is 5.45. The number of unbranched alkanes of at least 4 members (excludes halogenated alkanes) is 1. The van der Waals surface area contributed by atoms with E-state index in [1.54, 1.807) is 0 Å². The van der Waals surface area contributed by atoms with Crippen LogP contribution >= 0.6 is 0 Å². The van der Waals surface area contributed by atoms with E-state index in [1.807, 2.05) is 6.92 Å². The Hall–Kier alpha value is -0.790. The highest BCUT2D eigenvalue weighted by molar-refractivity contribution is 5.86. The smallest absolute Gasteiger partial charge is 0.105 e. The molecule has 0 atom stereocenters. The van der Waals surface area contributed by atoms with E-state index >= 15 is 0 Å². The van der Waals surface area contributed by atoms with E-state index < -0.39 is 0 Å². The average molecular weight is 182 g/mol. The van der Waals surface area contributed by atoms with Crippen LogP contribution < -0.4 is 5.73 Å². The predicted octanol–water partition coefficient (Wildman–Crippen LogP) is 3.09. The van der Waals surface area contributed by atoms with Gasteiger partial charge in [-0.15, -0.1) is 0 Å². The fraction of sp³-hybridized carbons (Fsp3) is 0.727. The van der Waals surface area contributed by atoms with Crippen molar-refractivity contribution in [2.45, 2.75) is 47.5 Å². The summed E-state index contributed by atoms with van der Waals surface area (Å²) in [5.41, 5.74) is 6.83. The summed E-state index contributed by atoms with van der Waals surface area (Å²) < 4.78 is 0. The molecule has 0 saturated heterocycles. The summed E-state index contributed by atoms with van der Waals surface area (Å²) >= 11 is 0. The van der Waals surface area contributed by atoms with Gasteiger partial charge in [-0.3, -0.25) is 0 Å². The van der Waals surface area contributed by atoms with Crippen LogP contribution in [-0.2, 0) is 0 Å². The molecule has 2 heteroatoms. The number of rotatable bonds is 3. The Morgan fingerprint density at radius 2 is 1.92 bits per heavy atom. The quantitative estimate of drug-likeness (QED) is 0.528. The number of nitrogens with two attached hydrogens (primary N) is 1. The van der Waals surface area contributed by atoms with Crippen molar-refractivity contribution in [1.82, 2.24) is 0 Å². The molecule has 0 saturated carbocycles. The van der Waals surface area contributed by atoms with Gasteiger partial charge >= 0.3 is 0 Å². The van der Waals surface area contributed by atoms with Crippen LogP contribution in [0.1, 0.15) is 47.5 Å². The highest BCUT2D eigenvalue weighted by Gasteiger charge is 2.14. The number of allylic oxidation sites excluding steroid dienone is 2. The second kappa shape index (κ2) is 5.05. The van der Waals surface area contributed by atoms with Crippen molar-refractivity contribution in [2.75, 3.05) is 0 Å². The van der Waals surface area contributed by atoms with E-state index in [4.69, 9.17) is 5.73 Å². The van der Waals surface area contributed by atoms with Crippen molar-refractivity contribution >= 4 is 5.84 Å². The predicted molar refractivity (Wildman–Crippen MR) is 59.7 cm³/mol. The first kappa shape index (κ1) is 12.2. The normalized spacial score (nSPS) is 14.8. The van der Waals surface area contributed by atoms with E-state index in [1.165, 1.54) is 0 Å². The van der Waals surface area contributed by atoms with Crippen LogP contribution in [0.25, 0.3) is 0 Å². The van der Waals surface area contributed by atoms with Gasteiger partial charge in [0.25, 0.3) is 0 Å². The minimum atomic E-state index is -0.0265. The third-order valence-electron chi connectivity index (χ3n) is 1.79. The fourth-order valence-electron chi connectivity index (χ4n) is 0.757. The molecule has 2 N–H and O–H groups in total. The van der Waals surface area contributed by atoms with Gasteiger partial charge < -0.3 is 5.73 Å². The number of aliphatic imine (C=N–C) groups is 1. The van der Waals surface area contributed by atoms with Crippen LogP contribution in [-0.4, -0.2) is 5.84 Å². The Bertz CT molecular complexity index is 207. The highest BCUT2D eigenvalue weighted by Crippen LogP contribution is 2.14. The maximum absolute atomic E-state index is 5.83. The molecule has 0 aliphatic carbocycles. The Balaban J connectivity index is 4.39.